The van der Waals surface area contributed by atoms with Gasteiger partial charge < -0.3 is 10.6 Å². The van der Waals surface area contributed by atoms with Crippen LogP contribution in [0.15, 0.2) is 84.9 Å². The molecular weight excluding hydrogens is 560 g/mol. The van der Waals surface area contributed by atoms with Gasteiger partial charge in [0.1, 0.15) is 0 Å². The van der Waals surface area contributed by atoms with Gasteiger partial charge in [-0.3, -0.25) is 28.9 Å². The van der Waals surface area contributed by atoms with E-state index in [9.17, 15) is 19.2 Å². The number of nitrogens with one attached hydrogen (secondary N) is 4. The highest BCUT2D eigenvalue weighted by Gasteiger charge is 2.24. The summed E-state index contributed by atoms with van der Waals surface area (Å²) >= 11 is 0. The predicted molar refractivity (Wildman–Crippen MR) is 167 cm³/mol. The first-order valence-electron chi connectivity index (χ1n) is 14.8. The lowest BCUT2D eigenvalue weighted by Crippen LogP contribution is -2.43. The van der Waals surface area contributed by atoms with Crippen LogP contribution in [0.3, 0.4) is 0 Å². The number of hydrogen-bond donors (Lipinski definition) is 4. The van der Waals surface area contributed by atoms with Gasteiger partial charge in [0.05, 0.1) is 0 Å². The molecule has 44 heavy (non-hydrogen) atoms. The summed E-state index contributed by atoms with van der Waals surface area (Å²) in [6.45, 7) is 8.85. The van der Waals surface area contributed by atoms with Crippen molar-refractivity contribution in [2.24, 2.45) is 11.8 Å². The van der Waals surface area contributed by atoms with Gasteiger partial charge in [0.15, 0.2) is 12.2 Å². The smallest absolute Gasteiger partial charge is 0.274 e. The van der Waals surface area contributed by atoms with Crippen molar-refractivity contribution in [3.8, 4) is 0 Å². The standard InChI is InChI=1S/C34H42N4O6/c1-23(2)21-35-33(41)29(18-25-12-7-5-8-13-25)43-37-31(39)27-16-11-17-28(20-27)32(40)38-44-30(34(42)36-22-24(3)4)19-26-14-9-6-10-15-26/h5-17,20,23-24,29-30H,18-19,21-22H2,1-4H3,(H,35,41)(H,36,42)(H,37,39)(H,38,40)/t29-,30-/m1/s1. The number of rotatable bonds is 16. The zero-order chi connectivity index (χ0) is 31.9. The van der Waals surface area contributed by atoms with Crippen molar-refractivity contribution in [2.75, 3.05) is 13.1 Å². The fraction of sp³-hybridized carbons (Fsp3) is 0.353. The van der Waals surface area contributed by atoms with Crippen LogP contribution in [0.4, 0.5) is 0 Å². The molecule has 0 aliphatic carbocycles. The second-order valence-electron chi connectivity index (χ2n) is 11.3. The highest BCUT2D eigenvalue weighted by Crippen LogP contribution is 2.10. The molecular formula is C34H42N4O6. The average molecular weight is 603 g/mol. The zero-order valence-electron chi connectivity index (χ0n) is 25.7. The highest BCUT2D eigenvalue weighted by atomic mass is 16.7. The lowest BCUT2D eigenvalue weighted by Gasteiger charge is -2.19. The van der Waals surface area contributed by atoms with Crippen LogP contribution in [0.1, 0.15) is 59.5 Å². The van der Waals surface area contributed by atoms with E-state index in [4.69, 9.17) is 9.68 Å². The van der Waals surface area contributed by atoms with E-state index >= 15 is 0 Å². The van der Waals surface area contributed by atoms with E-state index in [-0.39, 0.29) is 47.6 Å². The van der Waals surface area contributed by atoms with Crippen molar-refractivity contribution in [1.29, 1.82) is 0 Å². The van der Waals surface area contributed by atoms with Crippen LogP contribution >= 0.6 is 0 Å². The van der Waals surface area contributed by atoms with E-state index in [0.717, 1.165) is 11.1 Å². The molecule has 0 saturated heterocycles. The molecule has 3 aromatic carbocycles. The molecule has 0 unspecified atom stereocenters. The Kier molecular flexibility index (Phi) is 13.5. The van der Waals surface area contributed by atoms with E-state index in [1.165, 1.54) is 24.3 Å². The van der Waals surface area contributed by atoms with Gasteiger partial charge in [-0.15, -0.1) is 0 Å². The molecule has 4 amide bonds. The largest absolute Gasteiger partial charge is 0.353 e. The molecule has 3 aromatic rings. The minimum absolute atomic E-state index is 0.134. The molecule has 0 radical (unpaired) electrons. The third kappa shape index (κ3) is 11.6. The number of amides is 4. The van der Waals surface area contributed by atoms with Crippen molar-refractivity contribution < 1.29 is 28.9 Å². The van der Waals surface area contributed by atoms with Gasteiger partial charge in [0, 0.05) is 37.1 Å². The molecule has 0 saturated carbocycles. The molecule has 234 valence electrons. The molecule has 0 heterocycles. The minimum Gasteiger partial charge on any atom is -0.353 e. The summed E-state index contributed by atoms with van der Waals surface area (Å²) in [7, 11) is 0. The average Bonchev–Trinajstić information content (AvgIpc) is 3.03. The lowest BCUT2D eigenvalue weighted by molar-refractivity contribution is -0.137. The van der Waals surface area contributed by atoms with Gasteiger partial charge in [-0.2, -0.15) is 0 Å². The monoisotopic (exact) mass is 602 g/mol. The maximum absolute atomic E-state index is 13.0. The SMILES string of the molecule is CC(C)CNC(=O)[C@@H](Cc1ccccc1)ONC(=O)c1cccc(C(=O)NO[C@H](Cc2ccccc2)C(=O)NCC(C)C)c1. The summed E-state index contributed by atoms with van der Waals surface area (Å²) < 4.78 is 0. The number of hydrogen-bond acceptors (Lipinski definition) is 6. The van der Waals surface area contributed by atoms with E-state index in [1.54, 1.807) is 0 Å². The minimum atomic E-state index is -0.969. The van der Waals surface area contributed by atoms with Crippen LogP contribution in [0.2, 0.25) is 0 Å². The Bertz CT molecular complexity index is 1260. The Morgan fingerprint density at radius 1 is 0.568 bits per heavy atom. The van der Waals surface area contributed by atoms with Gasteiger partial charge in [-0.05, 0) is 41.2 Å². The van der Waals surface area contributed by atoms with Crippen LogP contribution in [-0.4, -0.2) is 48.9 Å². The second-order valence-corrected chi connectivity index (χ2v) is 11.3. The van der Waals surface area contributed by atoms with Crippen LogP contribution in [0.25, 0.3) is 0 Å². The van der Waals surface area contributed by atoms with Crippen LogP contribution in [0, 0.1) is 11.8 Å². The zero-order valence-corrected chi connectivity index (χ0v) is 25.7. The van der Waals surface area contributed by atoms with E-state index in [0.29, 0.717) is 13.1 Å². The fourth-order valence-corrected chi connectivity index (χ4v) is 4.04. The molecule has 0 aliphatic heterocycles. The van der Waals surface area contributed by atoms with Crippen LogP contribution < -0.4 is 21.6 Å². The first-order chi connectivity index (χ1) is 21.1. The van der Waals surface area contributed by atoms with E-state index in [2.05, 4.69) is 21.6 Å². The molecule has 3 rings (SSSR count). The lowest BCUT2D eigenvalue weighted by atomic mass is 10.1. The van der Waals surface area contributed by atoms with E-state index < -0.39 is 24.0 Å². The number of carbonyl (C=O) groups is 4. The molecule has 0 spiro atoms. The molecule has 0 aliphatic rings. The Morgan fingerprint density at radius 3 is 1.32 bits per heavy atom. The van der Waals surface area contributed by atoms with Gasteiger partial charge in [-0.25, -0.2) is 11.0 Å². The fourth-order valence-electron chi connectivity index (χ4n) is 4.04. The molecule has 0 fully saturated rings. The van der Waals surface area contributed by atoms with Crippen LogP contribution in [-0.2, 0) is 32.1 Å². The Hall–Kier alpha value is -4.54. The number of carbonyl (C=O) groups excluding carboxylic acids is 4. The number of hydroxylamine groups is 2. The van der Waals surface area contributed by atoms with Crippen molar-refractivity contribution in [2.45, 2.75) is 52.7 Å². The number of benzene rings is 3. The van der Waals surface area contributed by atoms with Gasteiger partial charge in [0.25, 0.3) is 23.6 Å². The summed E-state index contributed by atoms with van der Waals surface area (Å²) in [6.07, 6.45) is -1.44. The Morgan fingerprint density at radius 2 is 0.955 bits per heavy atom. The molecule has 10 nitrogen and oxygen atoms in total. The topological polar surface area (TPSA) is 135 Å². The molecule has 10 heteroatoms. The molecule has 4 N–H and O–H groups in total. The van der Waals surface area contributed by atoms with Gasteiger partial charge in [-0.1, -0.05) is 94.4 Å². The van der Waals surface area contributed by atoms with Crippen LogP contribution in [0.5, 0.6) is 0 Å². The Balaban J connectivity index is 1.64. The maximum Gasteiger partial charge on any atom is 0.274 e. The summed E-state index contributed by atoms with van der Waals surface area (Å²) in [5.41, 5.74) is 6.71. The van der Waals surface area contributed by atoms with Gasteiger partial charge in [0.2, 0.25) is 0 Å². The van der Waals surface area contributed by atoms with Crippen molar-refractivity contribution in [3.63, 3.8) is 0 Å². The first-order valence-corrected chi connectivity index (χ1v) is 14.8. The summed E-state index contributed by atoms with van der Waals surface area (Å²) in [6, 6.07) is 24.6. The Labute approximate surface area is 258 Å². The molecule has 2 atom stereocenters. The summed E-state index contributed by atoms with van der Waals surface area (Å²) in [5.74, 6) is -1.49. The maximum atomic E-state index is 13.0. The van der Waals surface area contributed by atoms with Crippen molar-refractivity contribution >= 4 is 23.6 Å². The molecule has 0 aromatic heterocycles. The predicted octanol–water partition coefficient (Wildman–Crippen LogP) is 3.78. The molecule has 0 bridgehead atoms. The summed E-state index contributed by atoms with van der Waals surface area (Å²) in [4.78, 5) is 62.7. The van der Waals surface area contributed by atoms with Crippen molar-refractivity contribution in [1.82, 2.24) is 21.6 Å². The first kappa shape index (κ1) is 34.0. The second kappa shape index (κ2) is 17.5. The summed E-state index contributed by atoms with van der Waals surface area (Å²) in [5, 5.41) is 5.68. The third-order valence-corrected chi connectivity index (χ3v) is 6.46. The van der Waals surface area contributed by atoms with E-state index in [1.807, 2.05) is 88.4 Å². The third-order valence-electron chi connectivity index (χ3n) is 6.46. The normalized spacial score (nSPS) is 12.3. The van der Waals surface area contributed by atoms with Gasteiger partial charge >= 0.3 is 0 Å². The van der Waals surface area contributed by atoms with Crippen molar-refractivity contribution in [3.05, 3.63) is 107 Å². The quantitative estimate of drug-likeness (QED) is 0.184. The highest BCUT2D eigenvalue weighted by molar-refractivity contribution is 5.99.